The van der Waals surface area contributed by atoms with E-state index in [-0.39, 0.29) is 52.4 Å². The molecular formula is C3H8Br3NS. The zero-order chi connectivity index (χ0) is 3.54. The van der Waals surface area contributed by atoms with Crippen molar-refractivity contribution in [3.8, 4) is 0 Å². The maximum Gasteiger partial charge on any atom is 0.0791 e. The molecule has 0 atom stereocenters. The zero-order valence-electron chi connectivity index (χ0n) is 3.81. The molecule has 1 aromatic rings. The van der Waals surface area contributed by atoms with E-state index in [4.69, 9.17) is 0 Å². The minimum atomic E-state index is 0. The van der Waals surface area contributed by atoms with Crippen molar-refractivity contribution in [3.63, 3.8) is 0 Å². The highest BCUT2D eigenvalue weighted by molar-refractivity contribution is 8.93. The van der Waals surface area contributed by atoms with Gasteiger partial charge in [-0.2, -0.15) is 0 Å². The largest absolute Gasteiger partial charge is 0.253 e. The van der Waals surface area contributed by atoms with Crippen LogP contribution in [0.1, 0.15) is 1.43 Å². The Morgan fingerprint density at radius 3 is 2.00 bits per heavy atom. The molecule has 0 amide bonds. The lowest BCUT2D eigenvalue weighted by molar-refractivity contribution is 1.43. The van der Waals surface area contributed by atoms with Crippen LogP contribution in [-0.4, -0.2) is 4.98 Å². The van der Waals surface area contributed by atoms with Crippen LogP contribution in [0.15, 0.2) is 17.1 Å². The molecule has 5 heteroatoms. The molecule has 0 N–H and O–H groups in total. The predicted molar refractivity (Wildman–Crippen MR) is 55.2 cm³/mol. The Balaban J connectivity index is -0.0000000312. The van der Waals surface area contributed by atoms with Crippen molar-refractivity contribution in [2.75, 3.05) is 0 Å². The van der Waals surface area contributed by atoms with Gasteiger partial charge in [0.1, 0.15) is 0 Å². The van der Waals surface area contributed by atoms with Gasteiger partial charge in [0.2, 0.25) is 0 Å². The van der Waals surface area contributed by atoms with Gasteiger partial charge in [-0.1, -0.05) is 0 Å². The zero-order valence-corrected chi connectivity index (χ0v) is 9.77. The third-order valence-corrected chi connectivity index (χ3v) is 0.869. The quantitative estimate of drug-likeness (QED) is 0.712. The summed E-state index contributed by atoms with van der Waals surface area (Å²) in [5.41, 5.74) is 1.79. The summed E-state index contributed by atoms with van der Waals surface area (Å²) in [6.07, 6.45) is 1.77. The molecule has 0 aliphatic carbocycles. The number of hydrogen-bond acceptors (Lipinski definition) is 2. The van der Waals surface area contributed by atoms with Gasteiger partial charge < -0.3 is 0 Å². The fourth-order valence-electron chi connectivity index (χ4n) is 0.176. The Kier molecular flexibility index (Phi) is 21.9. The van der Waals surface area contributed by atoms with Crippen molar-refractivity contribution in [2.45, 2.75) is 0 Å². The molecule has 0 fully saturated rings. The van der Waals surface area contributed by atoms with Crippen molar-refractivity contribution in [1.82, 2.24) is 4.98 Å². The first-order valence-corrected chi connectivity index (χ1v) is 2.26. The molecule has 1 heterocycles. The Hall–Kier alpha value is 1.07. The summed E-state index contributed by atoms with van der Waals surface area (Å²) < 4.78 is 0. The van der Waals surface area contributed by atoms with Crippen LogP contribution in [0.25, 0.3) is 0 Å². The third-order valence-electron chi connectivity index (χ3n) is 0.347. The second kappa shape index (κ2) is 10.9. The Morgan fingerprint density at radius 2 is 1.88 bits per heavy atom. The molecule has 0 spiro atoms. The number of rotatable bonds is 0. The van der Waals surface area contributed by atoms with Crippen LogP contribution in [-0.2, 0) is 0 Å². The van der Waals surface area contributed by atoms with Crippen LogP contribution >= 0.6 is 62.3 Å². The van der Waals surface area contributed by atoms with Crippen LogP contribution in [0.3, 0.4) is 0 Å². The van der Waals surface area contributed by atoms with Gasteiger partial charge in [0.15, 0.2) is 0 Å². The van der Waals surface area contributed by atoms with E-state index in [1.165, 1.54) is 0 Å². The Morgan fingerprint density at radius 1 is 1.25 bits per heavy atom. The summed E-state index contributed by atoms with van der Waals surface area (Å²) in [7, 11) is 0. The highest BCUT2D eigenvalue weighted by Crippen LogP contribution is 1.85. The number of thiazole rings is 1. The second-order valence-corrected chi connectivity index (χ2v) is 1.43. The molecule has 1 rings (SSSR count). The summed E-state index contributed by atoms with van der Waals surface area (Å²) in [6.45, 7) is 0. The first-order valence-electron chi connectivity index (χ1n) is 1.32. The van der Waals surface area contributed by atoms with Gasteiger partial charge in [0, 0.05) is 13.0 Å². The molecular weight excluding hydrogens is 322 g/mol. The third kappa shape index (κ3) is 7.07. The van der Waals surface area contributed by atoms with Crippen molar-refractivity contribution in [3.05, 3.63) is 17.1 Å². The van der Waals surface area contributed by atoms with Crippen LogP contribution in [0, 0.1) is 0 Å². The topological polar surface area (TPSA) is 12.9 Å². The van der Waals surface area contributed by atoms with E-state index < -0.39 is 0 Å². The molecule has 0 aliphatic heterocycles. The van der Waals surface area contributed by atoms with Crippen LogP contribution in [0.2, 0.25) is 0 Å². The van der Waals surface area contributed by atoms with Crippen molar-refractivity contribution in [2.24, 2.45) is 0 Å². The van der Waals surface area contributed by atoms with E-state index in [1.54, 1.807) is 23.0 Å². The van der Waals surface area contributed by atoms with Gasteiger partial charge in [-0.3, -0.25) is 4.98 Å². The minimum Gasteiger partial charge on any atom is -0.253 e. The molecule has 8 heavy (non-hydrogen) atoms. The average Bonchev–Trinajstić information content (AvgIpc) is 1.76. The summed E-state index contributed by atoms with van der Waals surface area (Å²) in [6, 6.07) is 0. The smallest absolute Gasteiger partial charge is 0.0791 e. The van der Waals surface area contributed by atoms with Crippen LogP contribution < -0.4 is 0 Å². The van der Waals surface area contributed by atoms with Gasteiger partial charge in [-0.25, -0.2) is 0 Å². The van der Waals surface area contributed by atoms with Gasteiger partial charge in [0.25, 0.3) is 0 Å². The van der Waals surface area contributed by atoms with E-state index in [0.717, 1.165) is 0 Å². The lowest BCUT2D eigenvalue weighted by Gasteiger charge is -1.41. The van der Waals surface area contributed by atoms with Crippen molar-refractivity contribution in [1.29, 1.82) is 0 Å². The van der Waals surface area contributed by atoms with E-state index in [9.17, 15) is 0 Å². The highest BCUT2D eigenvalue weighted by atomic mass is 79.9. The maximum atomic E-state index is 3.74. The maximum absolute atomic E-state index is 3.74. The number of aromatic nitrogens is 1. The van der Waals surface area contributed by atoms with Gasteiger partial charge >= 0.3 is 0 Å². The van der Waals surface area contributed by atoms with Gasteiger partial charge in [-0.15, -0.1) is 62.3 Å². The van der Waals surface area contributed by atoms with Crippen LogP contribution in [0.5, 0.6) is 0 Å². The molecule has 0 bridgehead atoms. The molecule has 0 aliphatic rings. The normalized spacial score (nSPS) is 5.00. The molecule has 52 valence electrons. The molecule has 0 radical (unpaired) electrons. The monoisotopic (exact) mass is 327 g/mol. The van der Waals surface area contributed by atoms with E-state index in [1.807, 2.05) is 5.38 Å². The van der Waals surface area contributed by atoms with Gasteiger partial charge in [0.05, 0.1) is 5.51 Å². The average molecular weight is 330 g/mol. The van der Waals surface area contributed by atoms with Crippen LogP contribution in [0.4, 0.5) is 0 Å². The summed E-state index contributed by atoms with van der Waals surface area (Å²) in [4.78, 5) is 3.74. The fourth-order valence-corrected chi connectivity index (χ4v) is 0.527. The van der Waals surface area contributed by atoms with E-state index in [2.05, 4.69) is 4.98 Å². The van der Waals surface area contributed by atoms with E-state index in [0.29, 0.717) is 0 Å². The molecule has 1 aromatic heterocycles. The highest BCUT2D eigenvalue weighted by Gasteiger charge is 1.59. The molecule has 1 nitrogen and oxygen atoms in total. The molecule has 0 unspecified atom stereocenters. The first-order chi connectivity index (χ1) is 2.50. The number of hydrogen-bond donors (Lipinski definition) is 0. The molecule has 0 saturated heterocycles. The number of nitrogens with zero attached hydrogens (tertiary/aromatic N) is 1. The fraction of sp³-hybridized carbons (Fsp3) is 0. The first kappa shape index (κ1) is 16.0. The Labute approximate surface area is 85.3 Å². The predicted octanol–water partition coefficient (Wildman–Crippen LogP) is 3.12. The SMILES string of the molecule is Br.Br.Br.[HH].c1cscn1. The second-order valence-electron chi connectivity index (χ2n) is 0.676. The molecule has 0 aromatic carbocycles. The minimum absolute atomic E-state index is 0. The summed E-state index contributed by atoms with van der Waals surface area (Å²) in [5.74, 6) is 0. The summed E-state index contributed by atoms with van der Waals surface area (Å²) in [5, 5.41) is 1.93. The summed E-state index contributed by atoms with van der Waals surface area (Å²) >= 11 is 1.60. The van der Waals surface area contributed by atoms with Gasteiger partial charge in [-0.05, 0) is 0 Å². The Bertz CT molecular complexity index is 75.5. The van der Waals surface area contributed by atoms with E-state index >= 15 is 0 Å². The standard InChI is InChI=1S/C3H3NS.3BrH.H2/c1-2-5-3-4-1;;;;/h1-3H;4*1H. The van der Waals surface area contributed by atoms with Crippen molar-refractivity contribution < 1.29 is 1.43 Å². The lowest BCUT2D eigenvalue weighted by atomic mass is 11.0. The molecule has 0 saturated carbocycles. The number of halogens is 3. The van der Waals surface area contributed by atoms with Crippen molar-refractivity contribution >= 4 is 62.3 Å². The lowest BCUT2D eigenvalue weighted by Crippen LogP contribution is -1.38.